The highest BCUT2D eigenvalue weighted by Gasteiger charge is 2.34. The number of aryl methyl sites for hydroxylation is 9. The van der Waals surface area contributed by atoms with Gasteiger partial charge in [0.15, 0.2) is 0 Å². The summed E-state index contributed by atoms with van der Waals surface area (Å²) < 4.78 is 46.3. The fraction of sp³-hybridized carbons (Fsp3) is 0.434. The molecule has 0 radical (unpaired) electrons. The molecule has 30 nitrogen and oxygen atoms in total. The van der Waals surface area contributed by atoms with E-state index in [0.717, 1.165) is 165 Å². The molecule has 8 aromatic carbocycles. The lowest BCUT2D eigenvalue weighted by atomic mass is 9.86. The number of rotatable bonds is 25. The van der Waals surface area contributed by atoms with Gasteiger partial charge in [0.25, 0.3) is 0 Å². The number of hydrogen-bond donors (Lipinski definition) is 10. The van der Waals surface area contributed by atoms with Gasteiger partial charge in [-0.05, 0) is 318 Å². The number of nitrogens with one attached hydrogen (secondary N) is 10. The maximum atomic E-state index is 11.7. The molecule has 1 unspecified atom stereocenters. The number of pyridine rings is 1. The van der Waals surface area contributed by atoms with E-state index in [1.54, 1.807) is 12.3 Å². The molecule has 1 atom stereocenters. The molecule has 7 fully saturated rings. The Hall–Kier alpha value is -14.0. The van der Waals surface area contributed by atoms with Crippen LogP contribution >= 0.6 is 0 Å². The summed E-state index contributed by atoms with van der Waals surface area (Å²) in [6.45, 7) is 35.7. The van der Waals surface area contributed by atoms with Crippen LogP contribution in [0, 0.1) is 86.0 Å². The number of urea groups is 1. The number of carbonyl (C=O) groups excluding carboxylic acids is 9. The smallest absolute Gasteiger partial charge is 0.413 e. The largest absolute Gasteiger partial charge is 0.449 e. The van der Waals surface area contributed by atoms with Gasteiger partial charge in [-0.15, -0.1) is 0 Å². The Labute approximate surface area is 844 Å². The second-order valence-electron chi connectivity index (χ2n) is 37.6. The Balaban J connectivity index is 0.000000197. The van der Waals surface area contributed by atoms with Crippen molar-refractivity contribution in [2.45, 2.75) is 229 Å². The van der Waals surface area contributed by atoms with E-state index in [-0.39, 0.29) is 54.8 Å². The fourth-order valence-electron chi connectivity index (χ4n) is 14.0. The zero-order chi connectivity index (χ0) is 103. The molecule has 1 aromatic heterocycles. The van der Waals surface area contributed by atoms with E-state index >= 15 is 0 Å². The molecule has 1 saturated heterocycles. The van der Waals surface area contributed by atoms with E-state index in [2.05, 4.69) is 69.6 Å². The quantitative estimate of drug-likeness (QED) is 0.0188. The summed E-state index contributed by atoms with van der Waals surface area (Å²) in [6, 6.07) is 65.1. The lowest BCUT2D eigenvalue weighted by molar-refractivity contribution is 0.0290. The van der Waals surface area contributed by atoms with Crippen LogP contribution in [-0.2, 0) is 42.6 Å². The SMILES string of the molecule is C=CCOC(=O)Nc1ccc(C)cc1.Cc1ccc(NC(=O)NC2CCC2)cc1.Cc1ccc(NC(=O)OC(C)C2CC2)cc1.Cc1ccc(NC(=O)OC2(C)CCCC2)cc1.Cc1ccc(NC(=O)OC2CCCC2)nc1.Cc1ccc(NC(=O)OCC(C)C)cc1.Cc1ccc(NC(=O)OCC2CC2)cc1.Cc1ccc(NC(=O)OCC2CCC2)cc1.Cc1ccc(NC(=O)OCCN2CCOCC2)cc1. The summed E-state index contributed by atoms with van der Waals surface area (Å²) in [5.74, 6) is 2.66. The zero-order valence-corrected chi connectivity index (χ0v) is 85.6. The first-order valence-electron chi connectivity index (χ1n) is 49.8. The van der Waals surface area contributed by atoms with Crippen LogP contribution in [0.15, 0.2) is 225 Å². The van der Waals surface area contributed by atoms with Crippen molar-refractivity contribution in [3.63, 3.8) is 0 Å². The number of amides is 10. The number of anilines is 9. The molecule has 16 rings (SSSR count). The van der Waals surface area contributed by atoms with E-state index in [1.165, 1.54) is 85.3 Å². The summed E-state index contributed by atoms with van der Waals surface area (Å²) in [5.41, 5.74) is 16.4. The van der Waals surface area contributed by atoms with Crippen molar-refractivity contribution in [2.24, 2.45) is 23.7 Å². The number of benzene rings is 8. The Morgan fingerprint density at radius 1 is 0.392 bits per heavy atom. The van der Waals surface area contributed by atoms with Gasteiger partial charge in [0.05, 0.1) is 33.0 Å². The standard InChI is InChI=1S/C14H20N2O3.C14H19NO2.2C13H17NO2.C12H16N2O2.C12H16N2O.C12H15NO2.C12H17NO2.C11H13NO2/c1-12-2-4-13(5-3-12)15-14(17)19-11-8-16-6-9-18-10-7-16;1-11-5-7-12(8-6-11)15-13(16)17-14(2)9-3-4-10-14;1-9-3-7-12(8-4-9)14-13(15)16-10(2)11-5-6-11;1-10-5-7-12(8-6-10)14-13(15)16-9-11-3-2-4-11;1-9-6-7-11(13-8-9)14-12(15)16-10-4-2-3-5-10;1-9-5-7-11(8-6-9)14-12(15)13-10-3-2-4-10;1-9-2-6-11(7-3-9)13-12(14)15-8-10-4-5-10;1-9(2)8-15-12(14)13-11-6-4-10(3)5-7-11;1-3-8-14-11(13)12-10-6-4-9(2)5-7-10/h2-5H,6-11H2,1H3,(H,15,17);5-8H,3-4,9-10H2,1-2H3,(H,15,16);3-4,7-8,10-11H,5-6H2,1-2H3,(H,14,15);5-8,11H,2-4,9H2,1H3,(H,14,15);6-8,10H,2-5H2,1H3,(H,13,14,15);5-8,10H,2-4H2,1H3,(H2,13,14,15);2-3,6-7,10H,4-5,8H2,1H3,(H,13,14);4-7,9H,8H2,1-3H3,(H,13,14);3-7H,1,8H2,2H3,(H,12,13). The van der Waals surface area contributed by atoms with Gasteiger partial charge in [-0.1, -0.05) is 181 Å². The van der Waals surface area contributed by atoms with Gasteiger partial charge < -0.3 is 53.3 Å². The Bertz CT molecular complexity index is 5150. The van der Waals surface area contributed by atoms with Crippen molar-refractivity contribution in [1.29, 1.82) is 0 Å². The highest BCUT2D eigenvalue weighted by atomic mass is 16.6. The molecule has 2 heterocycles. The Morgan fingerprint density at radius 3 is 1.10 bits per heavy atom. The summed E-state index contributed by atoms with van der Waals surface area (Å²) in [5, 5.41) is 27.2. The maximum Gasteiger partial charge on any atom is 0.413 e. The minimum absolute atomic E-state index is 0.0328. The number of carbonyl (C=O) groups is 9. The second-order valence-corrected chi connectivity index (χ2v) is 37.6. The average Bonchev–Trinajstić information content (AvgIpc) is 1.73. The second kappa shape index (κ2) is 63.0. The van der Waals surface area contributed by atoms with Crippen LogP contribution in [0.3, 0.4) is 0 Å². The van der Waals surface area contributed by atoms with Gasteiger partial charge in [0.1, 0.15) is 36.8 Å². The van der Waals surface area contributed by atoms with E-state index in [4.69, 9.17) is 42.6 Å². The number of nitrogens with zero attached hydrogens (tertiary/aromatic N) is 2. The summed E-state index contributed by atoms with van der Waals surface area (Å²) >= 11 is 0. The number of morpholine rings is 1. The van der Waals surface area contributed by atoms with E-state index in [1.807, 2.05) is 290 Å². The highest BCUT2D eigenvalue weighted by molar-refractivity contribution is 5.91. The van der Waals surface area contributed by atoms with Crippen molar-refractivity contribution >= 4 is 106 Å². The van der Waals surface area contributed by atoms with Gasteiger partial charge in [-0.3, -0.25) is 47.4 Å². The molecule has 10 amide bonds. The first kappa shape index (κ1) is 114. The molecule has 1 aliphatic heterocycles. The van der Waals surface area contributed by atoms with Crippen molar-refractivity contribution in [1.82, 2.24) is 15.2 Å². The summed E-state index contributed by atoms with van der Waals surface area (Å²) in [4.78, 5) is 109. The van der Waals surface area contributed by atoms with Crippen LogP contribution in [0.4, 0.5) is 94.5 Å². The van der Waals surface area contributed by atoms with Gasteiger partial charge in [0, 0.05) is 77.4 Å². The first-order valence-corrected chi connectivity index (χ1v) is 49.8. The van der Waals surface area contributed by atoms with Gasteiger partial charge >= 0.3 is 54.8 Å². The molecular formula is C113H150N12O18. The molecule has 770 valence electrons. The molecular weight excluding hydrogens is 1810 g/mol. The van der Waals surface area contributed by atoms with Crippen LogP contribution in [0.2, 0.25) is 0 Å². The number of aromatic nitrogens is 1. The predicted molar refractivity (Wildman–Crippen MR) is 567 cm³/mol. The van der Waals surface area contributed by atoms with Crippen molar-refractivity contribution < 1.29 is 85.8 Å². The van der Waals surface area contributed by atoms with Gasteiger partial charge in [-0.2, -0.15) is 0 Å². The molecule has 143 heavy (non-hydrogen) atoms. The fourth-order valence-corrected chi connectivity index (χ4v) is 14.0. The van der Waals surface area contributed by atoms with Gasteiger partial charge in [0.2, 0.25) is 0 Å². The Kier molecular flexibility index (Phi) is 50.4. The van der Waals surface area contributed by atoms with Crippen LogP contribution in [-0.4, -0.2) is 154 Å². The number of hydrogen-bond acceptors (Lipinski definition) is 20. The van der Waals surface area contributed by atoms with E-state index in [9.17, 15) is 43.2 Å². The average molecular weight is 1960 g/mol. The molecule has 9 aromatic rings. The van der Waals surface area contributed by atoms with Crippen molar-refractivity contribution in [3.8, 4) is 0 Å². The van der Waals surface area contributed by atoms with Crippen LogP contribution in [0.5, 0.6) is 0 Å². The molecule has 10 N–H and O–H groups in total. The summed E-state index contributed by atoms with van der Waals surface area (Å²) in [7, 11) is 0. The lowest BCUT2D eigenvalue weighted by Gasteiger charge is -2.26. The third-order valence-corrected chi connectivity index (χ3v) is 23.6. The molecule has 30 heteroatoms. The predicted octanol–water partition coefficient (Wildman–Crippen LogP) is 26.9. The van der Waals surface area contributed by atoms with E-state index in [0.29, 0.717) is 62.0 Å². The Morgan fingerprint density at radius 2 is 0.748 bits per heavy atom. The maximum absolute atomic E-state index is 11.7. The third kappa shape index (κ3) is 50.8. The molecule has 0 bridgehead atoms. The molecule has 6 aliphatic carbocycles. The minimum atomic E-state index is -0.464. The van der Waals surface area contributed by atoms with Crippen LogP contribution in [0.25, 0.3) is 0 Å². The van der Waals surface area contributed by atoms with Gasteiger partial charge in [-0.25, -0.2) is 48.1 Å². The van der Waals surface area contributed by atoms with Crippen molar-refractivity contribution in [3.05, 3.63) is 275 Å². The zero-order valence-electron chi connectivity index (χ0n) is 85.6. The molecule has 7 aliphatic rings. The van der Waals surface area contributed by atoms with Crippen molar-refractivity contribution in [2.75, 3.05) is 114 Å². The first-order chi connectivity index (χ1) is 68.7. The topological polar surface area (TPSA) is 373 Å². The van der Waals surface area contributed by atoms with Crippen LogP contribution < -0.4 is 53.2 Å². The minimum Gasteiger partial charge on any atom is -0.449 e. The monoisotopic (exact) mass is 1960 g/mol. The molecule has 6 saturated carbocycles. The third-order valence-electron chi connectivity index (χ3n) is 23.6. The van der Waals surface area contributed by atoms with E-state index < -0.39 is 24.4 Å². The summed E-state index contributed by atoms with van der Waals surface area (Å²) in [6.07, 6.45) is 20.6. The normalized spacial score (nSPS) is 14.8. The highest BCUT2D eigenvalue weighted by Crippen LogP contribution is 2.36. The molecule has 0 spiro atoms. The van der Waals surface area contributed by atoms with Crippen LogP contribution in [0.1, 0.15) is 193 Å². The lowest BCUT2D eigenvalue weighted by Crippen LogP contribution is -2.41. The number of ether oxygens (including phenoxy) is 9.